The molecular formula is C14H26S2. The molecule has 2 heteroatoms. The van der Waals surface area contributed by atoms with Gasteiger partial charge in [0.2, 0.25) is 0 Å². The minimum Gasteiger partial charge on any atom is -0.0929 e. The monoisotopic (exact) mass is 258 g/mol. The van der Waals surface area contributed by atoms with Crippen LogP contribution in [-0.2, 0) is 0 Å². The van der Waals surface area contributed by atoms with Crippen LogP contribution in [0.4, 0.5) is 0 Å². The molecule has 0 aromatic carbocycles. The summed E-state index contributed by atoms with van der Waals surface area (Å²) in [6.07, 6.45) is 4.62. The van der Waals surface area contributed by atoms with Crippen LogP contribution in [0.2, 0.25) is 0 Å². The average molecular weight is 258 g/mol. The molecule has 0 N–H and O–H groups in total. The van der Waals surface area contributed by atoms with Crippen molar-refractivity contribution < 1.29 is 0 Å². The third-order valence-electron chi connectivity index (χ3n) is 3.78. The van der Waals surface area contributed by atoms with Crippen LogP contribution >= 0.6 is 24.4 Å². The second kappa shape index (κ2) is 7.50. The van der Waals surface area contributed by atoms with E-state index in [1.54, 1.807) is 0 Å². The van der Waals surface area contributed by atoms with Crippen molar-refractivity contribution in [3.63, 3.8) is 0 Å². The lowest BCUT2D eigenvalue weighted by atomic mass is 9.78. The third kappa shape index (κ3) is 5.49. The summed E-state index contributed by atoms with van der Waals surface area (Å²) < 4.78 is 0. The Morgan fingerprint density at radius 1 is 1.19 bits per heavy atom. The molecule has 0 rings (SSSR count). The van der Waals surface area contributed by atoms with Gasteiger partial charge in [-0.25, -0.2) is 0 Å². The molecule has 0 saturated heterocycles. The molecule has 0 aromatic heterocycles. The lowest BCUT2D eigenvalue weighted by Crippen LogP contribution is -2.24. The smallest absolute Gasteiger partial charge is 0.00412 e. The first-order valence-electron chi connectivity index (χ1n) is 6.35. The van der Waals surface area contributed by atoms with E-state index in [1.807, 2.05) is 5.37 Å². The molecule has 1 atom stereocenters. The van der Waals surface area contributed by atoms with Crippen molar-refractivity contribution in [2.45, 2.75) is 60.3 Å². The van der Waals surface area contributed by atoms with Crippen molar-refractivity contribution in [3.8, 4) is 0 Å². The van der Waals surface area contributed by atoms with Crippen molar-refractivity contribution in [2.24, 2.45) is 17.3 Å². The first-order chi connectivity index (χ1) is 7.37. The highest BCUT2D eigenvalue weighted by Gasteiger charge is 2.24. The van der Waals surface area contributed by atoms with Crippen LogP contribution in [0.1, 0.15) is 60.3 Å². The molecule has 0 nitrogen and oxygen atoms in total. The minimum absolute atomic E-state index is 0.118. The van der Waals surface area contributed by atoms with Gasteiger partial charge in [-0.1, -0.05) is 71.9 Å². The van der Waals surface area contributed by atoms with Crippen LogP contribution in [0.5, 0.6) is 0 Å². The van der Waals surface area contributed by atoms with Gasteiger partial charge in [0, 0.05) is 0 Å². The number of thiocarbonyl (C=S) groups is 2. The highest BCUT2D eigenvalue weighted by Crippen LogP contribution is 2.29. The molecule has 0 heterocycles. The second-order valence-corrected chi connectivity index (χ2v) is 6.28. The Bertz CT molecular complexity index is 227. The number of hydrogen-bond donors (Lipinski definition) is 0. The van der Waals surface area contributed by atoms with Gasteiger partial charge in [-0.05, 0) is 40.3 Å². The van der Waals surface area contributed by atoms with Gasteiger partial charge in [0.05, 0.1) is 0 Å². The van der Waals surface area contributed by atoms with Gasteiger partial charge < -0.3 is 0 Å². The van der Waals surface area contributed by atoms with Crippen molar-refractivity contribution in [2.75, 3.05) is 0 Å². The van der Waals surface area contributed by atoms with Gasteiger partial charge >= 0.3 is 0 Å². The van der Waals surface area contributed by atoms with Gasteiger partial charge in [0.15, 0.2) is 0 Å². The fourth-order valence-corrected chi connectivity index (χ4v) is 2.42. The number of hydrogen-bond acceptors (Lipinski definition) is 2. The largest absolute Gasteiger partial charge is 0.0929 e. The molecule has 0 aliphatic rings. The van der Waals surface area contributed by atoms with E-state index in [0.717, 1.165) is 18.8 Å². The van der Waals surface area contributed by atoms with Gasteiger partial charge in [0.1, 0.15) is 0 Å². The topological polar surface area (TPSA) is 0 Å². The van der Waals surface area contributed by atoms with Crippen LogP contribution in [0.25, 0.3) is 0 Å². The molecule has 0 aliphatic heterocycles. The third-order valence-corrected chi connectivity index (χ3v) is 4.72. The van der Waals surface area contributed by atoms with Crippen molar-refractivity contribution >= 4 is 34.7 Å². The van der Waals surface area contributed by atoms with Crippen molar-refractivity contribution in [1.29, 1.82) is 0 Å². The normalized spacial score (nSPS) is 13.9. The first kappa shape index (κ1) is 16.2. The molecule has 0 radical (unpaired) electrons. The molecule has 0 bridgehead atoms. The fraction of sp³-hybridized carbons (Fsp3) is 0.857. The maximum Gasteiger partial charge on any atom is -0.00412 e. The molecular weight excluding hydrogens is 232 g/mol. The Morgan fingerprint density at radius 3 is 2.06 bits per heavy atom. The van der Waals surface area contributed by atoms with E-state index in [4.69, 9.17) is 24.4 Å². The van der Waals surface area contributed by atoms with E-state index in [2.05, 4.69) is 34.6 Å². The zero-order chi connectivity index (χ0) is 12.8. The van der Waals surface area contributed by atoms with E-state index in [9.17, 15) is 0 Å². The SMILES string of the molecule is CCC(CC)CC(=S)CC(C)C(C)(C)C=S. The fourth-order valence-electron chi connectivity index (χ4n) is 1.70. The summed E-state index contributed by atoms with van der Waals surface area (Å²) in [5.74, 6) is 1.32. The van der Waals surface area contributed by atoms with Crippen LogP contribution in [-0.4, -0.2) is 10.2 Å². The summed E-state index contributed by atoms with van der Waals surface area (Å²) in [5, 5.41) is 1.89. The Hall–Kier alpha value is 0.180. The summed E-state index contributed by atoms with van der Waals surface area (Å²) in [5.41, 5.74) is 0.118. The van der Waals surface area contributed by atoms with Gasteiger partial charge in [0.25, 0.3) is 0 Å². The predicted octanol–water partition coefficient (Wildman–Crippen LogP) is 5.23. The minimum atomic E-state index is 0.118. The van der Waals surface area contributed by atoms with Gasteiger partial charge in [-0.3, -0.25) is 0 Å². The van der Waals surface area contributed by atoms with Gasteiger partial charge in [-0.15, -0.1) is 0 Å². The Balaban J connectivity index is 4.19. The molecule has 0 saturated carbocycles. The lowest BCUT2D eigenvalue weighted by molar-refractivity contribution is 0.357. The predicted molar refractivity (Wildman–Crippen MR) is 82.5 cm³/mol. The second-order valence-electron chi connectivity index (χ2n) is 5.47. The summed E-state index contributed by atoms with van der Waals surface area (Å²) in [7, 11) is 0. The quantitative estimate of drug-likeness (QED) is 0.546. The van der Waals surface area contributed by atoms with Crippen LogP contribution in [0.15, 0.2) is 0 Å². The molecule has 0 aliphatic carbocycles. The van der Waals surface area contributed by atoms with Crippen LogP contribution < -0.4 is 0 Å². The molecule has 0 spiro atoms. The van der Waals surface area contributed by atoms with E-state index in [1.165, 1.54) is 17.7 Å². The summed E-state index contributed by atoms with van der Waals surface area (Å²) in [6.45, 7) is 11.2. The summed E-state index contributed by atoms with van der Waals surface area (Å²) >= 11 is 10.6. The molecule has 16 heavy (non-hydrogen) atoms. The zero-order valence-corrected chi connectivity index (χ0v) is 13.0. The van der Waals surface area contributed by atoms with E-state index >= 15 is 0 Å². The van der Waals surface area contributed by atoms with Crippen molar-refractivity contribution in [3.05, 3.63) is 0 Å². The molecule has 0 fully saturated rings. The molecule has 0 amide bonds. The standard InChI is InChI=1S/C14H26S2/c1-6-12(7-2)9-13(16)8-11(3)14(4,5)10-15/h10-12H,6-9H2,1-5H3. The van der Waals surface area contributed by atoms with E-state index in [0.29, 0.717) is 5.92 Å². The maximum atomic E-state index is 5.51. The molecule has 0 aromatic rings. The average Bonchev–Trinajstić information content (AvgIpc) is 2.25. The number of rotatable bonds is 8. The zero-order valence-electron chi connectivity index (χ0n) is 11.4. The van der Waals surface area contributed by atoms with Gasteiger partial charge in [-0.2, -0.15) is 0 Å². The van der Waals surface area contributed by atoms with Crippen LogP contribution in [0, 0.1) is 17.3 Å². The molecule has 1 unspecified atom stereocenters. The van der Waals surface area contributed by atoms with Crippen molar-refractivity contribution in [1.82, 2.24) is 0 Å². The summed E-state index contributed by atoms with van der Waals surface area (Å²) in [6, 6.07) is 0. The van der Waals surface area contributed by atoms with E-state index in [-0.39, 0.29) is 5.41 Å². The first-order valence-corrected chi connectivity index (χ1v) is 7.23. The molecule has 94 valence electrons. The maximum absolute atomic E-state index is 5.51. The Morgan fingerprint density at radius 2 is 1.69 bits per heavy atom. The highest BCUT2D eigenvalue weighted by atomic mass is 32.1. The van der Waals surface area contributed by atoms with Crippen LogP contribution in [0.3, 0.4) is 0 Å². The highest BCUT2D eigenvalue weighted by molar-refractivity contribution is 7.80. The van der Waals surface area contributed by atoms with E-state index < -0.39 is 0 Å². The Labute approximate surface area is 112 Å². The lowest BCUT2D eigenvalue weighted by Gasteiger charge is -2.28. The summed E-state index contributed by atoms with van der Waals surface area (Å²) in [4.78, 5) is 1.23. The Kier molecular flexibility index (Phi) is 7.58.